The number of nitrogens with one attached hydrogen (secondary N) is 1. The van der Waals surface area contributed by atoms with Crippen LogP contribution in [0.1, 0.15) is 16.7 Å². The fourth-order valence-electron chi connectivity index (χ4n) is 2.21. The van der Waals surface area contributed by atoms with Crippen LogP contribution in [-0.2, 0) is 26.1 Å². The van der Waals surface area contributed by atoms with Crippen molar-refractivity contribution < 1.29 is 13.2 Å². The van der Waals surface area contributed by atoms with E-state index >= 15 is 0 Å². The maximum atomic E-state index is 12.7. The summed E-state index contributed by atoms with van der Waals surface area (Å²) in [6, 6.07) is 5.15. The van der Waals surface area contributed by atoms with Gasteiger partial charge in [0.2, 0.25) is 0 Å². The summed E-state index contributed by atoms with van der Waals surface area (Å²) < 4.78 is 39.7. The normalized spacial score (nSPS) is 13.4. The number of hydrogen-bond donors (Lipinski definition) is 2. The number of hydrazine groups is 1. The number of aryl methyl sites for hydroxylation is 1. The zero-order valence-electron chi connectivity index (χ0n) is 11.6. The Morgan fingerprint density at radius 3 is 2.57 bits per heavy atom. The first kappa shape index (κ1) is 15.5. The van der Waals surface area contributed by atoms with Gasteiger partial charge in [0.15, 0.2) is 0 Å². The van der Waals surface area contributed by atoms with E-state index in [-0.39, 0.29) is 6.04 Å². The van der Waals surface area contributed by atoms with E-state index in [0.29, 0.717) is 18.4 Å². The highest BCUT2D eigenvalue weighted by molar-refractivity contribution is 5.26. The predicted octanol–water partition coefficient (Wildman–Crippen LogP) is 2.06. The molecule has 0 aliphatic heterocycles. The van der Waals surface area contributed by atoms with Crippen LogP contribution in [0.15, 0.2) is 36.7 Å². The van der Waals surface area contributed by atoms with Crippen LogP contribution in [-0.4, -0.2) is 15.8 Å². The molecule has 3 N–H and O–H groups in total. The summed E-state index contributed by atoms with van der Waals surface area (Å²) in [6.45, 7) is 0. The molecule has 0 saturated heterocycles. The van der Waals surface area contributed by atoms with E-state index in [2.05, 4.69) is 10.5 Å². The average molecular weight is 298 g/mol. The van der Waals surface area contributed by atoms with E-state index < -0.39 is 11.7 Å². The molecular weight excluding hydrogens is 281 g/mol. The maximum absolute atomic E-state index is 12.7. The van der Waals surface area contributed by atoms with E-state index in [9.17, 15) is 13.2 Å². The van der Waals surface area contributed by atoms with E-state index in [1.165, 1.54) is 6.07 Å². The number of nitrogens with two attached hydrogens (primary N) is 1. The molecule has 0 aliphatic carbocycles. The van der Waals surface area contributed by atoms with Crippen molar-refractivity contribution in [3.8, 4) is 0 Å². The number of benzene rings is 1. The second-order valence-corrected chi connectivity index (χ2v) is 4.99. The lowest BCUT2D eigenvalue weighted by Crippen LogP contribution is -2.38. The third-order valence-corrected chi connectivity index (χ3v) is 3.21. The van der Waals surface area contributed by atoms with Crippen LogP contribution in [0.25, 0.3) is 0 Å². The first-order chi connectivity index (χ1) is 9.88. The second-order valence-electron chi connectivity index (χ2n) is 4.99. The Balaban J connectivity index is 2.08. The van der Waals surface area contributed by atoms with Gasteiger partial charge in [-0.3, -0.25) is 16.0 Å². The van der Waals surface area contributed by atoms with Crippen molar-refractivity contribution in [1.82, 2.24) is 15.2 Å². The minimum Gasteiger partial charge on any atom is -0.276 e. The van der Waals surface area contributed by atoms with Gasteiger partial charge >= 0.3 is 6.18 Å². The fraction of sp³-hybridized carbons (Fsp3) is 0.357. The summed E-state index contributed by atoms with van der Waals surface area (Å²) >= 11 is 0. The standard InChI is InChI=1S/C14H17F3N4/c1-21-9-11(8-19-21)7-13(20-18)6-10-3-2-4-12(5-10)14(15,16)17/h2-5,8-9,13,20H,6-7,18H2,1H3. The van der Waals surface area contributed by atoms with Gasteiger partial charge in [0.25, 0.3) is 0 Å². The lowest BCUT2D eigenvalue weighted by Gasteiger charge is -2.16. The molecule has 1 aromatic carbocycles. The van der Waals surface area contributed by atoms with E-state index in [1.807, 2.05) is 6.20 Å². The fourth-order valence-corrected chi connectivity index (χ4v) is 2.21. The molecule has 0 fully saturated rings. The molecule has 0 spiro atoms. The number of halogens is 3. The number of hydrogen-bond acceptors (Lipinski definition) is 3. The molecule has 21 heavy (non-hydrogen) atoms. The molecule has 1 atom stereocenters. The lowest BCUT2D eigenvalue weighted by atomic mass is 9.99. The van der Waals surface area contributed by atoms with Crippen molar-refractivity contribution >= 4 is 0 Å². The monoisotopic (exact) mass is 298 g/mol. The zero-order valence-corrected chi connectivity index (χ0v) is 11.6. The Morgan fingerprint density at radius 2 is 2.00 bits per heavy atom. The molecule has 0 amide bonds. The SMILES string of the molecule is Cn1cc(CC(Cc2cccc(C(F)(F)F)c2)NN)cn1. The summed E-state index contributed by atoms with van der Waals surface area (Å²) in [5.74, 6) is 5.50. The summed E-state index contributed by atoms with van der Waals surface area (Å²) in [5, 5.41) is 4.06. The van der Waals surface area contributed by atoms with Crippen molar-refractivity contribution in [3.05, 3.63) is 53.3 Å². The minimum absolute atomic E-state index is 0.155. The number of alkyl halides is 3. The van der Waals surface area contributed by atoms with Gasteiger partial charge < -0.3 is 0 Å². The van der Waals surface area contributed by atoms with Gasteiger partial charge in [-0.2, -0.15) is 18.3 Å². The van der Waals surface area contributed by atoms with Gasteiger partial charge in [0.05, 0.1) is 11.8 Å². The van der Waals surface area contributed by atoms with Crippen LogP contribution in [0.5, 0.6) is 0 Å². The molecule has 2 rings (SSSR count). The van der Waals surface area contributed by atoms with Gasteiger partial charge in [-0.25, -0.2) is 0 Å². The molecule has 1 heterocycles. The Bertz CT molecular complexity index is 592. The summed E-state index contributed by atoms with van der Waals surface area (Å²) in [7, 11) is 1.81. The molecule has 114 valence electrons. The maximum Gasteiger partial charge on any atom is 0.416 e. The van der Waals surface area contributed by atoms with Crippen LogP contribution >= 0.6 is 0 Å². The van der Waals surface area contributed by atoms with Crippen LogP contribution < -0.4 is 11.3 Å². The van der Waals surface area contributed by atoms with Crippen molar-refractivity contribution in [2.45, 2.75) is 25.1 Å². The number of nitrogens with zero attached hydrogens (tertiary/aromatic N) is 2. The largest absolute Gasteiger partial charge is 0.416 e. The van der Waals surface area contributed by atoms with Gasteiger partial charge in [0.1, 0.15) is 0 Å². The number of rotatable bonds is 5. The topological polar surface area (TPSA) is 55.9 Å². The molecule has 7 heteroatoms. The Morgan fingerprint density at radius 1 is 1.29 bits per heavy atom. The van der Waals surface area contributed by atoms with Crippen LogP contribution in [0.4, 0.5) is 13.2 Å². The van der Waals surface area contributed by atoms with Crippen molar-refractivity contribution in [2.24, 2.45) is 12.9 Å². The van der Waals surface area contributed by atoms with Gasteiger partial charge in [-0.1, -0.05) is 18.2 Å². The third kappa shape index (κ3) is 4.30. The molecule has 0 bridgehead atoms. The third-order valence-electron chi connectivity index (χ3n) is 3.21. The molecule has 4 nitrogen and oxygen atoms in total. The Labute approximate surface area is 120 Å². The van der Waals surface area contributed by atoms with E-state index in [1.54, 1.807) is 24.0 Å². The molecule has 1 unspecified atom stereocenters. The van der Waals surface area contributed by atoms with Crippen LogP contribution in [0.3, 0.4) is 0 Å². The van der Waals surface area contributed by atoms with Crippen LogP contribution in [0, 0.1) is 0 Å². The molecule has 0 aliphatic rings. The first-order valence-corrected chi connectivity index (χ1v) is 6.48. The molecule has 0 saturated carbocycles. The van der Waals surface area contributed by atoms with Crippen molar-refractivity contribution in [2.75, 3.05) is 0 Å². The molecule has 0 radical (unpaired) electrons. The Kier molecular flexibility index (Phi) is 4.64. The molecular formula is C14H17F3N4. The zero-order chi connectivity index (χ0) is 15.5. The smallest absolute Gasteiger partial charge is 0.276 e. The first-order valence-electron chi connectivity index (χ1n) is 6.48. The highest BCUT2D eigenvalue weighted by Crippen LogP contribution is 2.29. The molecule has 1 aromatic heterocycles. The van der Waals surface area contributed by atoms with Crippen molar-refractivity contribution in [3.63, 3.8) is 0 Å². The van der Waals surface area contributed by atoms with Gasteiger partial charge in [-0.15, -0.1) is 0 Å². The van der Waals surface area contributed by atoms with Gasteiger partial charge in [-0.05, 0) is 30.0 Å². The average Bonchev–Trinajstić information content (AvgIpc) is 2.83. The van der Waals surface area contributed by atoms with Gasteiger partial charge in [0, 0.05) is 19.3 Å². The summed E-state index contributed by atoms with van der Waals surface area (Å²) in [5.41, 5.74) is 3.58. The van der Waals surface area contributed by atoms with E-state index in [4.69, 9.17) is 5.84 Å². The second kappa shape index (κ2) is 6.28. The summed E-state index contributed by atoms with van der Waals surface area (Å²) in [4.78, 5) is 0. The van der Waals surface area contributed by atoms with Crippen LogP contribution in [0.2, 0.25) is 0 Å². The quantitative estimate of drug-likeness (QED) is 0.656. The minimum atomic E-state index is -4.33. The van der Waals surface area contributed by atoms with E-state index in [0.717, 1.165) is 17.7 Å². The number of aromatic nitrogens is 2. The van der Waals surface area contributed by atoms with Crippen molar-refractivity contribution in [1.29, 1.82) is 0 Å². The molecule has 2 aromatic rings. The lowest BCUT2D eigenvalue weighted by molar-refractivity contribution is -0.137. The predicted molar refractivity (Wildman–Crippen MR) is 73.2 cm³/mol. The highest BCUT2D eigenvalue weighted by atomic mass is 19.4. The Hall–Kier alpha value is -1.86. The highest BCUT2D eigenvalue weighted by Gasteiger charge is 2.30. The summed E-state index contributed by atoms with van der Waals surface area (Å²) in [6.07, 6.45) is 0.258.